The highest BCUT2D eigenvalue weighted by molar-refractivity contribution is 9.10. The number of aromatic nitrogens is 3. The Hall–Kier alpha value is -1.89. The van der Waals surface area contributed by atoms with Crippen molar-refractivity contribution >= 4 is 33.3 Å². The van der Waals surface area contributed by atoms with Crippen LogP contribution in [0.15, 0.2) is 29.1 Å². The van der Waals surface area contributed by atoms with Crippen molar-refractivity contribution in [2.45, 2.75) is 0 Å². The number of carbonyl (C=O) groups excluding carboxylic acids is 1. The van der Waals surface area contributed by atoms with Gasteiger partial charge in [0.2, 0.25) is 0 Å². The molecule has 0 aliphatic rings. The Kier molecular flexibility index (Phi) is 3.38. The summed E-state index contributed by atoms with van der Waals surface area (Å²) in [7, 11) is 1.71. The van der Waals surface area contributed by atoms with Crippen LogP contribution in [0.3, 0.4) is 0 Å². The van der Waals surface area contributed by atoms with Crippen LogP contribution in [0.25, 0.3) is 0 Å². The summed E-state index contributed by atoms with van der Waals surface area (Å²) < 4.78 is 0.744. The molecule has 6 nitrogen and oxygen atoms in total. The SMILES string of the molecule is CNc1ncc(Br)cc1C(=O)Nc1cn[nH]c1. The number of H-pyrrole nitrogens is 1. The fourth-order valence-corrected chi connectivity index (χ4v) is 1.66. The molecule has 0 bridgehead atoms. The Morgan fingerprint density at radius 2 is 2.29 bits per heavy atom. The Morgan fingerprint density at radius 1 is 1.47 bits per heavy atom. The maximum atomic E-state index is 12.0. The van der Waals surface area contributed by atoms with Gasteiger partial charge < -0.3 is 10.6 Å². The maximum absolute atomic E-state index is 12.0. The van der Waals surface area contributed by atoms with Crippen molar-refractivity contribution in [1.82, 2.24) is 15.2 Å². The highest BCUT2D eigenvalue weighted by Crippen LogP contribution is 2.18. The van der Waals surface area contributed by atoms with Gasteiger partial charge in [-0.05, 0) is 22.0 Å². The quantitative estimate of drug-likeness (QED) is 0.807. The number of nitrogens with zero attached hydrogens (tertiary/aromatic N) is 2. The predicted molar refractivity (Wildman–Crippen MR) is 68.0 cm³/mol. The summed E-state index contributed by atoms with van der Waals surface area (Å²) in [6.45, 7) is 0. The Labute approximate surface area is 106 Å². The minimum Gasteiger partial charge on any atom is -0.372 e. The normalized spacial score (nSPS) is 10.0. The monoisotopic (exact) mass is 295 g/mol. The number of nitrogens with one attached hydrogen (secondary N) is 3. The van der Waals surface area contributed by atoms with Crippen molar-refractivity contribution in [3.8, 4) is 0 Å². The molecule has 0 atom stereocenters. The third-order valence-electron chi connectivity index (χ3n) is 2.09. The van der Waals surface area contributed by atoms with E-state index in [9.17, 15) is 4.79 Å². The van der Waals surface area contributed by atoms with E-state index >= 15 is 0 Å². The number of aromatic amines is 1. The molecule has 0 saturated heterocycles. The van der Waals surface area contributed by atoms with Crippen molar-refractivity contribution in [2.24, 2.45) is 0 Å². The number of halogens is 1. The molecule has 0 unspecified atom stereocenters. The summed E-state index contributed by atoms with van der Waals surface area (Å²) >= 11 is 3.28. The molecule has 3 N–H and O–H groups in total. The van der Waals surface area contributed by atoms with Gasteiger partial charge in [0.05, 0.1) is 17.4 Å². The highest BCUT2D eigenvalue weighted by atomic mass is 79.9. The molecular formula is C10H10BrN5O. The largest absolute Gasteiger partial charge is 0.372 e. The highest BCUT2D eigenvalue weighted by Gasteiger charge is 2.13. The number of anilines is 2. The molecule has 0 fully saturated rings. The molecule has 0 aliphatic heterocycles. The van der Waals surface area contributed by atoms with E-state index in [4.69, 9.17) is 0 Å². The minimum absolute atomic E-state index is 0.246. The van der Waals surface area contributed by atoms with Crippen LogP contribution in [-0.2, 0) is 0 Å². The lowest BCUT2D eigenvalue weighted by molar-refractivity contribution is 0.102. The van der Waals surface area contributed by atoms with Crippen LogP contribution >= 0.6 is 15.9 Å². The van der Waals surface area contributed by atoms with Crippen LogP contribution in [0, 0.1) is 0 Å². The van der Waals surface area contributed by atoms with E-state index in [0.29, 0.717) is 17.1 Å². The first-order valence-corrected chi connectivity index (χ1v) is 5.63. The predicted octanol–water partition coefficient (Wildman–Crippen LogP) is 1.86. The Bertz CT molecular complexity index is 525. The van der Waals surface area contributed by atoms with Gasteiger partial charge in [0, 0.05) is 23.9 Å². The van der Waals surface area contributed by atoms with Crippen molar-refractivity contribution in [1.29, 1.82) is 0 Å². The molecule has 0 aromatic carbocycles. The molecule has 0 radical (unpaired) electrons. The van der Waals surface area contributed by atoms with Gasteiger partial charge in [-0.3, -0.25) is 9.89 Å². The lowest BCUT2D eigenvalue weighted by Gasteiger charge is -2.08. The smallest absolute Gasteiger partial charge is 0.259 e. The molecule has 2 aromatic heterocycles. The summed E-state index contributed by atoms with van der Waals surface area (Å²) in [5, 5.41) is 11.9. The van der Waals surface area contributed by atoms with Crippen molar-refractivity contribution in [3.63, 3.8) is 0 Å². The number of rotatable bonds is 3. The van der Waals surface area contributed by atoms with Gasteiger partial charge >= 0.3 is 0 Å². The maximum Gasteiger partial charge on any atom is 0.259 e. The van der Waals surface area contributed by atoms with E-state index in [1.807, 2.05) is 0 Å². The van der Waals surface area contributed by atoms with E-state index in [1.165, 1.54) is 6.20 Å². The van der Waals surface area contributed by atoms with Crippen LogP contribution in [0.1, 0.15) is 10.4 Å². The standard InChI is InChI=1S/C10H10BrN5O/c1-12-9-8(2-6(11)3-13-9)10(17)16-7-4-14-15-5-7/h2-5H,1H3,(H,12,13)(H,14,15)(H,16,17). The first kappa shape index (κ1) is 11.6. The molecule has 1 amide bonds. The van der Waals surface area contributed by atoms with E-state index in [2.05, 4.69) is 41.7 Å². The van der Waals surface area contributed by atoms with Crippen LogP contribution in [0.2, 0.25) is 0 Å². The fourth-order valence-electron chi connectivity index (χ4n) is 1.33. The van der Waals surface area contributed by atoms with Crippen LogP contribution in [-0.4, -0.2) is 28.1 Å². The van der Waals surface area contributed by atoms with Gasteiger partial charge in [-0.25, -0.2) is 4.98 Å². The van der Waals surface area contributed by atoms with Crippen LogP contribution < -0.4 is 10.6 Å². The van der Waals surface area contributed by atoms with Gasteiger partial charge in [-0.1, -0.05) is 0 Å². The van der Waals surface area contributed by atoms with E-state index in [-0.39, 0.29) is 5.91 Å². The second-order valence-electron chi connectivity index (χ2n) is 3.24. The fraction of sp³-hybridized carbons (Fsp3) is 0.100. The van der Waals surface area contributed by atoms with Gasteiger partial charge in [-0.15, -0.1) is 0 Å². The molecule has 2 rings (SSSR count). The van der Waals surface area contributed by atoms with Gasteiger partial charge in [0.1, 0.15) is 5.82 Å². The first-order valence-electron chi connectivity index (χ1n) is 4.84. The molecular weight excluding hydrogens is 286 g/mol. The third kappa shape index (κ3) is 2.62. The topological polar surface area (TPSA) is 82.7 Å². The zero-order valence-electron chi connectivity index (χ0n) is 8.99. The number of hydrogen-bond acceptors (Lipinski definition) is 4. The van der Waals surface area contributed by atoms with Crippen molar-refractivity contribution in [3.05, 3.63) is 34.7 Å². The summed E-state index contributed by atoms with van der Waals surface area (Å²) in [5.74, 6) is 0.277. The van der Waals surface area contributed by atoms with Crippen LogP contribution in [0.5, 0.6) is 0 Å². The third-order valence-corrected chi connectivity index (χ3v) is 2.53. The minimum atomic E-state index is -0.246. The van der Waals surface area contributed by atoms with Gasteiger partial charge in [-0.2, -0.15) is 5.10 Å². The summed E-state index contributed by atoms with van der Waals surface area (Å²) in [6.07, 6.45) is 4.76. The lowest BCUT2D eigenvalue weighted by atomic mass is 10.2. The molecule has 0 saturated carbocycles. The Balaban J connectivity index is 2.26. The van der Waals surface area contributed by atoms with Crippen molar-refractivity contribution in [2.75, 3.05) is 17.7 Å². The lowest BCUT2D eigenvalue weighted by Crippen LogP contribution is -2.14. The van der Waals surface area contributed by atoms with Crippen molar-refractivity contribution < 1.29 is 4.79 Å². The zero-order chi connectivity index (χ0) is 12.3. The molecule has 88 valence electrons. The summed E-state index contributed by atoms with van der Waals surface area (Å²) in [4.78, 5) is 16.1. The zero-order valence-corrected chi connectivity index (χ0v) is 10.6. The van der Waals surface area contributed by atoms with E-state index in [0.717, 1.165) is 4.47 Å². The van der Waals surface area contributed by atoms with Crippen LogP contribution in [0.4, 0.5) is 11.5 Å². The molecule has 17 heavy (non-hydrogen) atoms. The number of pyridine rings is 1. The number of hydrogen-bond donors (Lipinski definition) is 3. The average molecular weight is 296 g/mol. The second-order valence-corrected chi connectivity index (χ2v) is 4.16. The average Bonchev–Trinajstić information content (AvgIpc) is 2.81. The Morgan fingerprint density at radius 3 is 2.94 bits per heavy atom. The van der Waals surface area contributed by atoms with Gasteiger partial charge in [0.25, 0.3) is 5.91 Å². The molecule has 2 aromatic rings. The van der Waals surface area contributed by atoms with E-state index in [1.54, 1.807) is 25.5 Å². The summed E-state index contributed by atoms with van der Waals surface area (Å²) in [5.41, 5.74) is 1.07. The van der Waals surface area contributed by atoms with E-state index < -0.39 is 0 Å². The molecule has 0 aliphatic carbocycles. The molecule has 0 spiro atoms. The van der Waals surface area contributed by atoms with Gasteiger partial charge in [0.15, 0.2) is 0 Å². The summed E-state index contributed by atoms with van der Waals surface area (Å²) in [6, 6.07) is 1.70. The number of carbonyl (C=O) groups is 1. The molecule has 2 heterocycles. The second kappa shape index (κ2) is 4.96. The molecule has 7 heteroatoms. The number of amides is 1. The first-order chi connectivity index (χ1) is 8.20.